The molecule has 0 aliphatic carbocycles. The van der Waals surface area contributed by atoms with Gasteiger partial charge >= 0.3 is 5.69 Å². The lowest BCUT2D eigenvalue weighted by atomic mass is 10.2. The first-order valence-electron chi connectivity index (χ1n) is 6.28. The van der Waals surface area contributed by atoms with Crippen molar-refractivity contribution in [2.24, 2.45) is 0 Å². The molecule has 2 aromatic rings. The summed E-state index contributed by atoms with van der Waals surface area (Å²) in [7, 11) is 0. The summed E-state index contributed by atoms with van der Waals surface area (Å²) in [6.07, 6.45) is 0. The number of aromatic nitrogens is 3. The number of H-pyrrole nitrogens is 2. The summed E-state index contributed by atoms with van der Waals surface area (Å²) < 4.78 is 5.34. The zero-order valence-electron chi connectivity index (χ0n) is 11.3. The van der Waals surface area contributed by atoms with E-state index < -0.39 is 11.7 Å². The fourth-order valence-corrected chi connectivity index (χ4v) is 1.73. The van der Waals surface area contributed by atoms with Gasteiger partial charge in [-0.1, -0.05) is 6.07 Å². The third-order valence-electron chi connectivity index (χ3n) is 2.68. The molecule has 0 spiro atoms. The van der Waals surface area contributed by atoms with Gasteiger partial charge in [0.25, 0.3) is 5.91 Å². The van der Waals surface area contributed by atoms with Gasteiger partial charge in [-0.15, -0.1) is 0 Å². The van der Waals surface area contributed by atoms with E-state index in [1.54, 1.807) is 31.2 Å². The lowest BCUT2D eigenvalue weighted by Gasteiger charge is -2.11. The number of amides is 1. The largest absolute Gasteiger partial charge is 0.494 e. The Kier molecular flexibility index (Phi) is 4.19. The van der Waals surface area contributed by atoms with E-state index in [0.29, 0.717) is 23.7 Å². The average Bonchev–Trinajstić information content (AvgIpc) is 2.86. The molecule has 106 valence electrons. The lowest BCUT2D eigenvalue weighted by Crippen LogP contribution is -2.27. The Morgan fingerprint density at radius 3 is 2.95 bits per heavy atom. The van der Waals surface area contributed by atoms with Gasteiger partial charge in [0.15, 0.2) is 5.82 Å². The van der Waals surface area contributed by atoms with Crippen LogP contribution in [0.4, 0.5) is 0 Å². The summed E-state index contributed by atoms with van der Waals surface area (Å²) in [5, 5.41) is 8.78. The zero-order valence-corrected chi connectivity index (χ0v) is 11.3. The normalized spacial score (nSPS) is 11.9. The van der Waals surface area contributed by atoms with E-state index in [-0.39, 0.29) is 5.91 Å². The van der Waals surface area contributed by atoms with Gasteiger partial charge in [-0.3, -0.25) is 9.78 Å². The van der Waals surface area contributed by atoms with Crippen LogP contribution in [-0.2, 0) is 0 Å². The van der Waals surface area contributed by atoms with E-state index in [1.165, 1.54) is 0 Å². The molecule has 1 heterocycles. The van der Waals surface area contributed by atoms with Crippen molar-refractivity contribution in [2.45, 2.75) is 19.9 Å². The first kappa shape index (κ1) is 13.9. The molecule has 1 atom stereocenters. The minimum Gasteiger partial charge on any atom is -0.494 e. The number of nitrogens with one attached hydrogen (secondary N) is 3. The van der Waals surface area contributed by atoms with Gasteiger partial charge < -0.3 is 10.1 Å². The van der Waals surface area contributed by atoms with Crippen LogP contribution in [0.2, 0.25) is 0 Å². The number of benzene rings is 1. The van der Waals surface area contributed by atoms with Crippen LogP contribution in [0.1, 0.15) is 36.1 Å². The minimum absolute atomic E-state index is 0.261. The van der Waals surface area contributed by atoms with Gasteiger partial charge in [0.1, 0.15) is 5.75 Å². The van der Waals surface area contributed by atoms with E-state index in [4.69, 9.17) is 4.74 Å². The van der Waals surface area contributed by atoms with Crippen LogP contribution < -0.4 is 15.7 Å². The summed E-state index contributed by atoms with van der Waals surface area (Å²) in [6.45, 7) is 4.15. The van der Waals surface area contributed by atoms with Crippen LogP contribution in [0, 0.1) is 0 Å². The molecule has 1 aromatic heterocycles. The van der Waals surface area contributed by atoms with Crippen LogP contribution in [-0.4, -0.2) is 27.7 Å². The Labute approximate surface area is 115 Å². The monoisotopic (exact) mass is 276 g/mol. The van der Waals surface area contributed by atoms with Gasteiger partial charge in [-0.25, -0.2) is 9.89 Å². The molecular formula is C13H16N4O3. The van der Waals surface area contributed by atoms with Gasteiger partial charge in [0.2, 0.25) is 0 Å². The van der Waals surface area contributed by atoms with Crippen molar-refractivity contribution in [3.05, 3.63) is 46.1 Å². The molecule has 0 aliphatic heterocycles. The molecule has 20 heavy (non-hydrogen) atoms. The van der Waals surface area contributed by atoms with E-state index >= 15 is 0 Å². The molecule has 0 bridgehead atoms. The SMILES string of the molecule is CCOc1cccc(C(=O)NC(C)c2n[nH]c(=O)[nH]2)c1. The molecule has 7 nitrogen and oxygen atoms in total. The summed E-state index contributed by atoms with van der Waals surface area (Å²) in [4.78, 5) is 25.6. The van der Waals surface area contributed by atoms with Crippen molar-refractivity contribution < 1.29 is 9.53 Å². The number of hydrogen-bond acceptors (Lipinski definition) is 4. The van der Waals surface area contributed by atoms with Crippen molar-refractivity contribution in [1.29, 1.82) is 0 Å². The fourth-order valence-electron chi connectivity index (χ4n) is 1.73. The highest BCUT2D eigenvalue weighted by molar-refractivity contribution is 5.94. The van der Waals surface area contributed by atoms with E-state index in [0.717, 1.165) is 0 Å². The van der Waals surface area contributed by atoms with E-state index in [1.807, 2.05) is 6.92 Å². The first-order chi connectivity index (χ1) is 9.60. The number of nitrogens with zero attached hydrogens (tertiary/aromatic N) is 1. The Morgan fingerprint density at radius 2 is 2.30 bits per heavy atom. The molecule has 1 aromatic carbocycles. The third kappa shape index (κ3) is 3.25. The smallest absolute Gasteiger partial charge is 0.340 e. The maximum Gasteiger partial charge on any atom is 0.340 e. The summed E-state index contributed by atoms with van der Waals surface area (Å²) >= 11 is 0. The predicted octanol–water partition coefficient (Wildman–Crippen LogP) is 0.988. The Balaban J connectivity index is 2.07. The van der Waals surface area contributed by atoms with Crippen LogP contribution in [0.3, 0.4) is 0 Å². The van der Waals surface area contributed by atoms with Gasteiger partial charge in [-0.05, 0) is 32.0 Å². The van der Waals surface area contributed by atoms with Crippen molar-refractivity contribution in [3.63, 3.8) is 0 Å². The van der Waals surface area contributed by atoms with Crippen molar-refractivity contribution >= 4 is 5.91 Å². The molecule has 3 N–H and O–H groups in total. The Bertz CT molecular complexity index is 647. The highest BCUT2D eigenvalue weighted by atomic mass is 16.5. The molecular weight excluding hydrogens is 260 g/mol. The number of carbonyl (C=O) groups is 1. The molecule has 1 amide bonds. The van der Waals surface area contributed by atoms with Gasteiger partial charge in [-0.2, -0.15) is 5.10 Å². The molecule has 0 saturated carbocycles. The second-order valence-corrected chi connectivity index (χ2v) is 4.22. The maximum absolute atomic E-state index is 12.1. The number of rotatable bonds is 5. The third-order valence-corrected chi connectivity index (χ3v) is 2.68. The quantitative estimate of drug-likeness (QED) is 0.758. The molecule has 0 fully saturated rings. The molecule has 1 unspecified atom stereocenters. The number of carbonyl (C=O) groups excluding carboxylic acids is 1. The van der Waals surface area contributed by atoms with Crippen LogP contribution in [0.15, 0.2) is 29.1 Å². The number of hydrogen-bond donors (Lipinski definition) is 3. The van der Waals surface area contributed by atoms with E-state index in [2.05, 4.69) is 20.5 Å². The average molecular weight is 276 g/mol. The predicted molar refractivity (Wildman–Crippen MR) is 72.7 cm³/mol. The van der Waals surface area contributed by atoms with E-state index in [9.17, 15) is 9.59 Å². The zero-order chi connectivity index (χ0) is 14.5. The first-order valence-corrected chi connectivity index (χ1v) is 6.28. The lowest BCUT2D eigenvalue weighted by molar-refractivity contribution is 0.0938. The van der Waals surface area contributed by atoms with Crippen LogP contribution >= 0.6 is 0 Å². The van der Waals surface area contributed by atoms with Crippen molar-refractivity contribution in [1.82, 2.24) is 20.5 Å². The van der Waals surface area contributed by atoms with Crippen LogP contribution in [0.25, 0.3) is 0 Å². The Hall–Kier alpha value is -2.57. The van der Waals surface area contributed by atoms with Crippen molar-refractivity contribution in [2.75, 3.05) is 6.61 Å². The second kappa shape index (κ2) is 6.05. The molecule has 0 saturated heterocycles. The Morgan fingerprint density at radius 1 is 1.50 bits per heavy atom. The van der Waals surface area contributed by atoms with Gasteiger partial charge in [0, 0.05) is 5.56 Å². The highest BCUT2D eigenvalue weighted by Gasteiger charge is 2.14. The number of aromatic amines is 2. The number of ether oxygens (including phenoxy) is 1. The topological polar surface area (TPSA) is 99.9 Å². The highest BCUT2D eigenvalue weighted by Crippen LogP contribution is 2.14. The maximum atomic E-state index is 12.1. The molecule has 0 aliphatic rings. The van der Waals surface area contributed by atoms with Crippen LogP contribution in [0.5, 0.6) is 5.75 Å². The fraction of sp³-hybridized carbons (Fsp3) is 0.308. The summed E-state index contributed by atoms with van der Waals surface area (Å²) in [5.41, 5.74) is 0.0834. The molecule has 7 heteroatoms. The van der Waals surface area contributed by atoms with Gasteiger partial charge in [0.05, 0.1) is 12.6 Å². The summed E-state index contributed by atoms with van der Waals surface area (Å²) in [6, 6.07) is 6.49. The van der Waals surface area contributed by atoms with Crippen molar-refractivity contribution in [3.8, 4) is 5.75 Å². The standard InChI is InChI=1S/C13H16N4O3/c1-3-20-10-6-4-5-9(7-10)12(18)14-8(2)11-15-13(19)17-16-11/h4-8H,3H2,1-2H3,(H,14,18)(H2,15,16,17,19). The molecule has 0 radical (unpaired) electrons. The summed E-state index contributed by atoms with van der Waals surface area (Å²) in [5.74, 6) is 0.758. The molecule has 2 rings (SSSR count). The second-order valence-electron chi connectivity index (χ2n) is 4.22. The minimum atomic E-state index is -0.405.